The molecule has 9 nitrogen and oxygen atoms in total. The van der Waals surface area contributed by atoms with Crippen LogP contribution in [0.2, 0.25) is 5.02 Å². The number of halogens is 1. The number of amides is 2. The molecule has 0 aliphatic rings. The van der Waals surface area contributed by atoms with E-state index in [1.54, 1.807) is 73.7 Å². The fourth-order valence-electron chi connectivity index (χ4n) is 4.46. The van der Waals surface area contributed by atoms with Gasteiger partial charge >= 0.3 is 0 Å². The molecule has 11 heteroatoms. The second-order valence-electron chi connectivity index (χ2n) is 9.60. The van der Waals surface area contributed by atoms with Crippen LogP contribution >= 0.6 is 23.4 Å². The van der Waals surface area contributed by atoms with Crippen molar-refractivity contribution in [1.29, 1.82) is 0 Å². The van der Waals surface area contributed by atoms with Crippen LogP contribution in [0.4, 0.5) is 5.69 Å². The first-order valence-electron chi connectivity index (χ1n) is 13.4. The van der Waals surface area contributed by atoms with Crippen molar-refractivity contribution in [2.75, 3.05) is 32.4 Å². The van der Waals surface area contributed by atoms with Gasteiger partial charge in [-0.05, 0) is 67.4 Å². The smallest absolute Gasteiger partial charge is 0.251 e. The first kappa shape index (κ1) is 31.7. The Morgan fingerprint density at radius 3 is 2.21 bits per heavy atom. The number of aromatic nitrogens is 2. The third-order valence-corrected chi connectivity index (χ3v) is 7.59. The van der Waals surface area contributed by atoms with Crippen LogP contribution in [-0.4, -0.2) is 53.8 Å². The van der Waals surface area contributed by atoms with E-state index in [1.165, 1.54) is 18.9 Å². The highest BCUT2D eigenvalue weighted by Crippen LogP contribution is 2.33. The fraction of sp³-hybridized carbons (Fsp3) is 0.250. The summed E-state index contributed by atoms with van der Waals surface area (Å²) in [7, 11) is 4.60. The summed E-state index contributed by atoms with van der Waals surface area (Å²) in [5.41, 5.74) is 3.41. The van der Waals surface area contributed by atoms with E-state index in [9.17, 15) is 9.59 Å². The molecule has 1 N–H and O–H groups in total. The number of ether oxygens (including phenoxy) is 3. The minimum absolute atomic E-state index is 0.0100. The van der Waals surface area contributed by atoms with E-state index in [1.807, 2.05) is 32.0 Å². The van der Waals surface area contributed by atoms with Crippen molar-refractivity contribution in [3.63, 3.8) is 0 Å². The summed E-state index contributed by atoms with van der Waals surface area (Å²) in [6.07, 6.45) is 0. The lowest BCUT2D eigenvalue weighted by Gasteiger charge is -2.32. The van der Waals surface area contributed by atoms with Gasteiger partial charge in [0, 0.05) is 29.0 Å². The Kier molecular flexibility index (Phi) is 10.9. The molecule has 1 heterocycles. The summed E-state index contributed by atoms with van der Waals surface area (Å²) in [4.78, 5) is 38.7. The minimum atomic E-state index is -1.04. The number of rotatable bonds is 12. The molecular formula is C32H33ClN4O5S. The number of hydrogen-bond acceptors (Lipinski definition) is 8. The summed E-state index contributed by atoms with van der Waals surface area (Å²) in [5.74, 6) is 0.823. The number of nitrogens with zero attached hydrogens (tertiary/aromatic N) is 3. The van der Waals surface area contributed by atoms with Crippen molar-refractivity contribution >= 4 is 40.9 Å². The van der Waals surface area contributed by atoms with Crippen molar-refractivity contribution < 1.29 is 23.8 Å². The fourth-order valence-corrected chi connectivity index (χ4v) is 5.43. The van der Waals surface area contributed by atoms with E-state index in [4.69, 9.17) is 25.8 Å². The summed E-state index contributed by atoms with van der Waals surface area (Å²) >= 11 is 7.36. The van der Waals surface area contributed by atoms with E-state index in [0.29, 0.717) is 38.7 Å². The van der Waals surface area contributed by atoms with Gasteiger partial charge in [-0.15, -0.1) is 0 Å². The first-order chi connectivity index (χ1) is 20.7. The predicted molar refractivity (Wildman–Crippen MR) is 168 cm³/mol. The Bertz CT molecular complexity index is 1560. The number of carbonyl (C=O) groups excluding carboxylic acids is 2. The molecule has 43 heavy (non-hydrogen) atoms. The maximum Gasteiger partial charge on any atom is 0.251 e. The second kappa shape index (κ2) is 14.8. The second-order valence-corrected chi connectivity index (χ2v) is 11.0. The van der Waals surface area contributed by atoms with Crippen molar-refractivity contribution in [2.45, 2.75) is 31.6 Å². The van der Waals surface area contributed by atoms with Crippen molar-refractivity contribution in [1.82, 2.24) is 14.9 Å². The highest BCUT2D eigenvalue weighted by atomic mass is 35.5. The van der Waals surface area contributed by atoms with Gasteiger partial charge in [-0.3, -0.25) is 9.59 Å². The van der Waals surface area contributed by atoms with Crippen LogP contribution < -0.4 is 19.5 Å². The molecule has 224 valence electrons. The van der Waals surface area contributed by atoms with Gasteiger partial charge in [-0.25, -0.2) is 9.97 Å². The zero-order chi connectivity index (χ0) is 30.9. The van der Waals surface area contributed by atoms with E-state index < -0.39 is 11.9 Å². The molecule has 4 rings (SSSR count). The summed E-state index contributed by atoms with van der Waals surface area (Å²) in [6.45, 7) is 3.90. The molecule has 0 aliphatic heterocycles. The summed E-state index contributed by atoms with van der Waals surface area (Å²) in [5, 5.41) is 4.02. The zero-order valence-electron chi connectivity index (χ0n) is 24.6. The predicted octanol–water partition coefficient (Wildman–Crippen LogP) is 6.27. The highest BCUT2D eigenvalue weighted by molar-refractivity contribution is 7.99. The first-order valence-corrected chi connectivity index (χ1v) is 14.7. The highest BCUT2D eigenvalue weighted by Gasteiger charge is 2.33. The van der Waals surface area contributed by atoms with Crippen molar-refractivity contribution in [3.05, 3.63) is 100 Å². The lowest BCUT2D eigenvalue weighted by molar-refractivity contribution is -0.137. The van der Waals surface area contributed by atoms with Crippen molar-refractivity contribution in [2.24, 2.45) is 0 Å². The number of nitrogens with one attached hydrogen (secondary N) is 1. The lowest BCUT2D eigenvalue weighted by atomic mass is 10.0. The van der Waals surface area contributed by atoms with Gasteiger partial charge < -0.3 is 24.4 Å². The van der Waals surface area contributed by atoms with Gasteiger partial charge in [-0.2, -0.15) is 0 Å². The van der Waals surface area contributed by atoms with Gasteiger partial charge in [0.05, 0.1) is 32.8 Å². The van der Waals surface area contributed by atoms with E-state index in [2.05, 4.69) is 15.3 Å². The molecule has 1 atom stereocenters. The minimum Gasteiger partial charge on any atom is -0.497 e. The Morgan fingerprint density at radius 2 is 1.56 bits per heavy atom. The molecule has 1 aromatic heterocycles. The molecule has 0 fully saturated rings. The van der Waals surface area contributed by atoms with Crippen LogP contribution in [0.3, 0.4) is 0 Å². The van der Waals surface area contributed by atoms with Gasteiger partial charge in [0.25, 0.3) is 5.91 Å². The van der Waals surface area contributed by atoms with Gasteiger partial charge in [-0.1, -0.05) is 47.6 Å². The van der Waals surface area contributed by atoms with E-state index in [-0.39, 0.29) is 18.2 Å². The molecule has 1 unspecified atom stereocenters. The maximum absolute atomic E-state index is 14.2. The Balaban J connectivity index is 1.75. The van der Waals surface area contributed by atoms with Crippen LogP contribution in [0.1, 0.15) is 28.6 Å². The molecule has 0 spiro atoms. The standard InChI is InChI=1S/C32H33ClN4O5S/c1-20-15-21(2)35-32(34-20)43-19-29(38)37(18-22-9-11-24(33)12-10-22)30(23-7-6-8-25(16-23)40-3)31(39)36-27-14-13-26(41-4)17-28(27)42-5/h6-17,30H,18-19H2,1-5H3,(H,36,39). The zero-order valence-corrected chi connectivity index (χ0v) is 26.2. The summed E-state index contributed by atoms with van der Waals surface area (Å²) < 4.78 is 16.3. The molecule has 4 aromatic rings. The molecule has 0 saturated heterocycles. The molecule has 0 bridgehead atoms. The quantitative estimate of drug-likeness (QED) is 0.146. The number of methoxy groups -OCH3 is 3. The SMILES string of the molecule is COc1cccc(C(C(=O)Nc2ccc(OC)cc2OC)N(Cc2ccc(Cl)cc2)C(=O)CSc2nc(C)cc(C)n2)c1. The molecular weight excluding hydrogens is 588 g/mol. The number of carbonyl (C=O) groups is 2. The molecule has 3 aromatic carbocycles. The largest absolute Gasteiger partial charge is 0.497 e. The van der Waals surface area contributed by atoms with Crippen molar-refractivity contribution in [3.8, 4) is 17.2 Å². The number of thioether (sulfide) groups is 1. The van der Waals surface area contributed by atoms with Gasteiger partial charge in [0.15, 0.2) is 5.16 Å². The van der Waals surface area contributed by atoms with Gasteiger partial charge in [0.2, 0.25) is 5.91 Å². The van der Waals surface area contributed by atoms with Crippen LogP contribution in [0.25, 0.3) is 0 Å². The Hall–Kier alpha value is -4.28. The molecule has 0 aliphatic carbocycles. The van der Waals surface area contributed by atoms with Crippen LogP contribution in [0.15, 0.2) is 78.0 Å². The number of anilines is 1. The average molecular weight is 621 g/mol. The summed E-state index contributed by atoms with van der Waals surface area (Å²) in [6, 6.07) is 20.2. The average Bonchev–Trinajstić information content (AvgIpc) is 3.00. The Labute approximate surface area is 260 Å². The van der Waals surface area contributed by atoms with Crippen LogP contribution in [0, 0.1) is 13.8 Å². The lowest BCUT2D eigenvalue weighted by Crippen LogP contribution is -2.42. The van der Waals surface area contributed by atoms with Crippen LogP contribution in [0.5, 0.6) is 17.2 Å². The van der Waals surface area contributed by atoms with Gasteiger partial charge in [0.1, 0.15) is 23.3 Å². The normalized spacial score (nSPS) is 11.4. The van der Waals surface area contributed by atoms with E-state index in [0.717, 1.165) is 17.0 Å². The monoisotopic (exact) mass is 620 g/mol. The number of hydrogen-bond donors (Lipinski definition) is 1. The third kappa shape index (κ3) is 8.39. The topological polar surface area (TPSA) is 103 Å². The molecule has 0 saturated carbocycles. The van der Waals surface area contributed by atoms with Crippen LogP contribution in [-0.2, 0) is 16.1 Å². The maximum atomic E-state index is 14.2. The third-order valence-electron chi connectivity index (χ3n) is 6.51. The number of benzene rings is 3. The number of aryl methyl sites for hydroxylation is 2. The molecule has 2 amide bonds. The Morgan fingerprint density at radius 1 is 0.884 bits per heavy atom. The van der Waals surface area contributed by atoms with E-state index >= 15 is 0 Å². The molecule has 0 radical (unpaired) electrons.